The summed E-state index contributed by atoms with van der Waals surface area (Å²) in [6.45, 7) is 0. The van der Waals surface area contributed by atoms with Gasteiger partial charge in [0.05, 0.1) is 12.7 Å². The Labute approximate surface area is 140 Å². The number of ether oxygens (including phenoxy) is 1. The highest BCUT2D eigenvalue weighted by molar-refractivity contribution is 5.84. The SMILES string of the molecule is COc1ccc(-c2ccccc2-c2c(F)c(F)c(F)c(F)c2F)cc1. The maximum atomic E-state index is 14.2. The number of hydrogen-bond acceptors (Lipinski definition) is 1. The quantitative estimate of drug-likeness (QED) is 0.333. The van der Waals surface area contributed by atoms with E-state index in [1.165, 1.54) is 25.3 Å². The Morgan fingerprint density at radius 1 is 0.600 bits per heavy atom. The van der Waals surface area contributed by atoms with Crippen LogP contribution in [0, 0.1) is 29.1 Å². The third kappa shape index (κ3) is 2.84. The van der Waals surface area contributed by atoms with Gasteiger partial charge in [-0.3, -0.25) is 0 Å². The molecule has 0 unspecified atom stereocenters. The van der Waals surface area contributed by atoms with Crippen LogP contribution in [-0.2, 0) is 0 Å². The van der Waals surface area contributed by atoms with Crippen molar-refractivity contribution in [2.24, 2.45) is 0 Å². The van der Waals surface area contributed by atoms with Crippen LogP contribution in [0.4, 0.5) is 22.0 Å². The van der Waals surface area contributed by atoms with E-state index in [4.69, 9.17) is 4.74 Å². The van der Waals surface area contributed by atoms with Crippen LogP contribution in [0.5, 0.6) is 5.75 Å². The molecule has 0 bridgehead atoms. The van der Waals surface area contributed by atoms with Crippen molar-refractivity contribution in [3.05, 3.63) is 77.6 Å². The summed E-state index contributed by atoms with van der Waals surface area (Å²) in [7, 11) is 1.48. The molecule has 0 radical (unpaired) electrons. The Bertz CT molecular complexity index is 906. The summed E-state index contributed by atoms with van der Waals surface area (Å²) in [6.07, 6.45) is 0. The Morgan fingerprint density at radius 2 is 1.08 bits per heavy atom. The molecule has 0 fully saturated rings. The molecule has 0 aliphatic carbocycles. The van der Waals surface area contributed by atoms with Crippen LogP contribution in [0.1, 0.15) is 0 Å². The van der Waals surface area contributed by atoms with E-state index in [0.29, 0.717) is 16.9 Å². The lowest BCUT2D eigenvalue weighted by Gasteiger charge is -2.13. The second-order valence-corrected chi connectivity index (χ2v) is 5.22. The topological polar surface area (TPSA) is 9.23 Å². The zero-order chi connectivity index (χ0) is 18.1. The van der Waals surface area contributed by atoms with Crippen LogP contribution in [-0.4, -0.2) is 7.11 Å². The van der Waals surface area contributed by atoms with E-state index in [9.17, 15) is 22.0 Å². The van der Waals surface area contributed by atoms with E-state index in [0.717, 1.165) is 0 Å². The normalized spacial score (nSPS) is 10.8. The molecule has 3 aromatic rings. The molecule has 0 amide bonds. The standard InChI is InChI=1S/C19H11F5O/c1-25-11-8-6-10(7-9-11)12-4-2-3-5-13(12)14-15(20)17(22)19(24)18(23)16(14)21/h2-9H,1H3. The molecular formula is C19H11F5O. The molecule has 0 saturated heterocycles. The Balaban J connectivity index is 2.27. The minimum Gasteiger partial charge on any atom is -0.497 e. The maximum absolute atomic E-state index is 14.2. The average molecular weight is 350 g/mol. The fourth-order valence-electron chi connectivity index (χ4n) is 2.56. The third-order valence-corrected chi connectivity index (χ3v) is 3.81. The third-order valence-electron chi connectivity index (χ3n) is 3.81. The van der Waals surface area contributed by atoms with Crippen LogP contribution in [0.15, 0.2) is 48.5 Å². The Morgan fingerprint density at radius 3 is 1.60 bits per heavy atom. The van der Waals surface area contributed by atoms with Crippen molar-refractivity contribution in [2.75, 3.05) is 7.11 Å². The molecule has 1 nitrogen and oxygen atoms in total. The Kier molecular flexibility index (Phi) is 4.44. The van der Waals surface area contributed by atoms with Crippen molar-refractivity contribution in [2.45, 2.75) is 0 Å². The van der Waals surface area contributed by atoms with Gasteiger partial charge in [-0.1, -0.05) is 36.4 Å². The molecule has 0 aliphatic heterocycles. The van der Waals surface area contributed by atoms with Crippen LogP contribution < -0.4 is 4.74 Å². The first kappa shape index (κ1) is 17.0. The smallest absolute Gasteiger partial charge is 0.200 e. The molecule has 0 atom stereocenters. The summed E-state index contributed by atoms with van der Waals surface area (Å²) in [5.41, 5.74) is -0.183. The Hall–Kier alpha value is -2.89. The summed E-state index contributed by atoms with van der Waals surface area (Å²) in [5.74, 6) is -9.29. The molecule has 0 heterocycles. The summed E-state index contributed by atoms with van der Waals surface area (Å²) >= 11 is 0. The van der Waals surface area contributed by atoms with Gasteiger partial charge in [0.2, 0.25) is 5.82 Å². The zero-order valence-electron chi connectivity index (χ0n) is 12.9. The molecule has 6 heteroatoms. The maximum Gasteiger partial charge on any atom is 0.200 e. The van der Waals surface area contributed by atoms with Gasteiger partial charge in [-0.05, 0) is 28.8 Å². The molecule has 0 N–H and O–H groups in total. The first-order valence-corrected chi connectivity index (χ1v) is 7.21. The van der Waals surface area contributed by atoms with Crippen LogP contribution >= 0.6 is 0 Å². The highest BCUT2D eigenvalue weighted by Crippen LogP contribution is 2.37. The van der Waals surface area contributed by atoms with E-state index < -0.39 is 34.6 Å². The van der Waals surface area contributed by atoms with Gasteiger partial charge in [-0.2, -0.15) is 0 Å². The molecule has 0 saturated carbocycles. The van der Waals surface area contributed by atoms with Crippen LogP contribution in [0.3, 0.4) is 0 Å². The number of halogens is 5. The van der Waals surface area contributed by atoms with Gasteiger partial charge >= 0.3 is 0 Å². The molecule has 0 aromatic heterocycles. The lowest BCUT2D eigenvalue weighted by molar-refractivity contribution is 0.381. The molecule has 25 heavy (non-hydrogen) atoms. The molecular weight excluding hydrogens is 339 g/mol. The minimum atomic E-state index is -2.18. The fourth-order valence-corrected chi connectivity index (χ4v) is 2.56. The van der Waals surface area contributed by atoms with E-state index in [1.807, 2.05) is 0 Å². The van der Waals surface area contributed by atoms with Gasteiger partial charge in [0.25, 0.3) is 0 Å². The van der Waals surface area contributed by atoms with Gasteiger partial charge in [0.1, 0.15) is 5.75 Å². The van der Waals surface area contributed by atoms with E-state index in [2.05, 4.69) is 0 Å². The fraction of sp³-hybridized carbons (Fsp3) is 0.0526. The first-order chi connectivity index (χ1) is 12.0. The second-order valence-electron chi connectivity index (χ2n) is 5.22. The van der Waals surface area contributed by atoms with Crippen LogP contribution in [0.25, 0.3) is 22.3 Å². The summed E-state index contributed by atoms with van der Waals surface area (Å²) in [5, 5.41) is 0. The molecule has 128 valence electrons. The van der Waals surface area contributed by atoms with Crippen molar-refractivity contribution in [1.29, 1.82) is 0 Å². The van der Waals surface area contributed by atoms with Gasteiger partial charge in [0.15, 0.2) is 23.3 Å². The van der Waals surface area contributed by atoms with Gasteiger partial charge in [-0.15, -0.1) is 0 Å². The van der Waals surface area contributed by atoms with E-state index in [1.54, 1.807) is 30.3 Å². The average Bonchev–Trinajstić information content (AvgIpc) is 2.65. The van der Waals surface area contributed by atoms with Gasteiger partial charge in [-0.25, -0.2) is 22.0 Å². The van der Waals surface area contributed by atoms with E-state index >= 15 is 0 Å². The predicted molar refractivity (Wildman–Crippen MR) is 83.7 cm³/mol. The summed E-state index contributed by atoms with van der Waals surface area (Å²) < 4.78 is 73.7. The van der Waals surface area contributed by atoms with E-state index in [-0.39, 0.29) is 5.56 Å². The molecule has 3 rings (SSSR count). The summed E-state index contributed by atoms with van der Waals surface area (Å²) in [6, 6.07) is 12.4. The molecule has 0 spiro atoms. The number of hydrogen-bond donors (Lipinski definition) is 0. The predicted octanol–water partition coefficient (Wildman–Crippen LogP) is 5.72. The van der Waals surface area contributed by atoms with Crippen LogP contribution in [0.2, 0.25) is 0 Å². The minimum absolute atomic E-state index is 0.0968. The molecule has 3 aromatic carbocycles. The van der Waals surface area contributed by atoms with Gasteiger partial charge in [0, 0.05) is 0 Å². The number of benzene rings is 3. The second kappa shape index (κ2) is 6.55. The monoisotopic (exact) mass is 350 g/mol. The first-order valence-electron chi connectivity index (χ1n) is 7.21. The number of rotatable bonds is 3. The van der Waals surface area contributed by atoms with Crippen molar-refractivity contribution in [3.8, 4) is 28.0 Å². The summed E-state index contributed by atoms with van der Waals surface area (Å²) in [4.78, 5) is 0. The zero-order valence-corrected chi connectivity index (χ0v) is 12.9. The largest absolute Gasteiger partial charge is 0.497 e. The highest BCUT2D eigenvalue weighted by Gasteiger charge is 2.27. The molecule has 0 aliphatic rings. The van der Waals surface area contributed by atoms with Crippen molar-refractivity contribution in [3.63, 3.8) is 0 Å². The lowest BCUT2D eigenvalue weighted by atomic mass is 9.93. The highest BCUT2D eigenvalue weighted by atomic mass is 19.2. The number of methoxy groups -OCH3 is 1. The van der Waals surface area contributed by atoms with Gasteiger partial charge < -0.3 is 4.74 Å². The van der Waals surface area contributed by atoms with Crippen molar-refractivity contribution >= 4 is 0 Å². The van der Waals surface area contributed by atoms with Crippen molar-refractivity contribution < 1.29 is 26.7 Å². The lowest BCUT2D eigenvalue weighted by Crippen LogP contribution is -2.04. The van der Waals surface area contributed by atoms with Crippen molar-refractivity contribution in [1.82, 2.24) is 0 Å².